The van der Waals surface area contributed by atoms with E-state index >= 15 is 0 Å². The Kier molecular flexibility index (Phi) is 6.35. The molecule has 1 amide bonds. The maximum absolute atomic E-state index is 11.6. The second-order valence-electron chi connectivity index (χ2n) is 4.11. The lowest BCUT2D eigenvalue weighted by Crippen LogP contribution is -2.17. The zero-order valence-corrected chi connectivity index (χ0v) is 12.0. The third-order valence-corrected chi connectivity index (χ3v) is 2.45. The highest BCUT2D eigenvalue weighted by Gasteiger charge is 2.12. The molecule has 1 aromatic carbocycles. The summed E-state index contributed by atoms with van der Waals surface area (Å²) in [6.07, 6.45) is 0. The van der Waals surface area contributed by atoms with Crippen LogP contribution in [0.25, 0.3) is 0 Å². The van der Waals surface area contributed by atoms with Crippen LogP contribution in [0.1, 0.15) is 24.2 Å². The van der Waals surface area contributed by atoms with E-state index in [2.05, 4.69) is 5.32 Å². The smallest absolute Gasteiger partial charge is 0.344 e. The Morgan fingerprint density at radius 2 is 2.00 bits per heavy atom. The summed E-state index contributed by atoms with van der Waals surface area (Å²) in [6.45, 7) is 2.85. The number of ether oxygens (including phenoxy) is 2. The van der Waals surface area contributed by atoms with E-state index in [0.717, 1.165) is 0 Å². The number of nitrogens with one attached hydrogen (secondary N) is 1. The molecule has 0 radical (unpaired) electrons. The highest BCUT2D eigenvalue weighted by molar-refractivity contribution is 6.00. The molecule has 0 fully saturated rings. The number of benzene rings is 1. The molecule has 0 unspecified atom stereocenters. The molecule has 0 aliphatic carbocycles. The first-order valence-corrected chi connectivity index (χ1v) is 6.41. The van der Waals surface area contributed by atoms with Gasteiger partial charge >= 0.3 is 5.97 Å². The third-order valence-electron chi connectivity index (χ3n) is 2.45. The van der Waals surface area contributed by atoms with Gasteiger partial charge in [-0.25, -0.2) is 4.79 Å². The number of carbonyl (C=O) groups excluding carboxylic acids is 3. The number of hydrogen-bond donors (Lipinski definition) is 2. The van der Waals surface area contributed by atoms with E-state index in [1.54, 1.807) is 6.92 Å². The number of rotatable bonds is 7. The molecule has 0 bridgehead atoms. The molecule has 1 aromatic rings. The molecule has 0 atom stereocenters. The number of anilines is 1. The van der Waals surface area contributed by atoms with E-state index in [4.69, 9.17) is 15.2 Å². The maximum Gasteiger partial charge on any atom is 0.344 e. The van der Waals surface area contributed by atoms with E-state index < -0.39 is 5.97 Å². The first kappa shape index (κ1) is 16.6. The predicted molar refractivity (Wildman–Crippen MR) is 76.3 cm³/mol. The zero-order valence-electron chi connectivity index (χ0n) is 12.0. The van der Waals surface area contributed by atoms with Gasteiger partial charge in [-0.3, -0.25) is 9.59 Å². The van der Waals surface area contributed by atoms with Crippen LogP contribution in [0.2, 0.25) is 0 Å². The van der Waals surface area contributed by atoms with Crippen molar-refractivity contribution in [2.45, 2.75) is 13.8 Å². The van der Waals surface area contributed by atoms with Gasteiger partial charge < -0.3 is 20.5 Å². The van der Waals surface area contributed by atoms with Crippen LogP contribution in [0.5, 0.6) is 5.75 Å². The Morgan fingerprint density at radius 3 is 2.57 bits per heavy atom. The lowest BCUT2D eigenvalue weighted by Gasteiger charge is -2.12. The number of carbonyl (C=O) groups is 3. The minimum atomic E-state index is -0.520. The molecule has 0 heterocycles. The summed E-state index contributed by atoms with van der Waals surface area (Å²) in [5.74, 6) is -0.841. The predicted octanol–water partition coefficient (Wildman–Crippen LogP) is 0.728. The summed E-state index contributed by atoms with van der Waals surface area (Å²) in [5, 5.41) is 2.54. The van der Waals surface area contributed by atoms with Gasteiger partial charge in [-0.2, -0.15) is 0 Å². The molecular weight excluding hydrogens is 276 g/mol. The van der Waals surface area contributed by atoms with Gasteiger partial charge in [0, 0.05) is 12.5 Å². The van der Waals surface area contributed by atoms with Crippen LogP contribution in [0.15, 0.2) is 18.2 Å². The number of esters is 1. The molecule has 0 aromatic heterocycles. The molecule has 7 nitrogen and oxygen atoms in total. The van der Waals surface area contributed by atoms with Crippen molar-refractivity contribution in [3.05, 3.63) is 23.8 Å². The van der Waals surface area contributed by atoms with Crippen molar-refractivity contribution in [3.8, 4) is 5.75 Å². The average Bonchev–Trinajstić information content (AvgIpc) is 2.44. The van der Waals surface area contributed by atoms with E-state index in [9.17, 15) is 14.4 Å². The minimum Gasteiger partial charge on any atom is -0.480 e. The molecule has 21 heavy (non-hydrogen) atoms. The van der Waals surface area contributed by atoms with Crippen molar-refractivity contribution in [1.82, 2.24) is 0 Å². The molecule has 0 spiro atoms. The second-order valence-corrected chi connectivity index (χ2v) is 4.11. The molecule has 0 saturated heterocycles. The van der Waals surface area contributed by atoms with Gasteiger partial charge in [-0.15, -0.1) is 0 Å². The first-order chi connectivity index (χ1) is 9.97. The Hall–Kier alpha value is -2.41. The zero-order chi connectivity index (χ0) is 15.8. The summed E-state index contributed by atoms with van der Waals surface area (Å²) >= 11 is 0. The van der Waals surface area contributed by atoms with Gasteiger partial charge in [0.15, 0.2) is 12.4 Å². The fourth-order valence-corrected chi connectivity index (χ4v) is 1.57. The number of nitrogens with two attached hydrogens (primary N) is 1. The molecule has 0 aliphatic rings. The van der Waals surface area contributed by atoms with Gasteiger partial charge in [0.05, 0.1) is 18.8 Å². The fraction of sp³-hybridized carbons (Fsp3) is 0.357. The van der Waals surface area contributed by atoms with Gasteiger partial charge in [-0.1, -0.05) is 0 Å². The summed E-state index contributed by atoms with van der Waals surface area (Å²) in [6, 6.07) is 4.46. The quantitative estimate of drug-likeness (QED) is 0.567. The van der Waals surface area contributed by atoms with Crippen LogP contribution in [0, 0.1) is 0 Å². The van der Waals surface area contributed by atoms with Gasteiger partial charge in [-0.05, 0) is 25.1 Å². The summed E-state index contributed by atoms with van der Waals surface area (Å²) < 4.78 is 10.0. The van der Waals surface area contributed by atoms with Crippen LogP contribution >= 0.6 is 0 Å². The lowest BCUT2D eigenvalue weighted by atomic mass is 10.1. The maximum atomic E-state index is 11.6. The number of ketones is 1. The Morgan fingerprint density at radius 1 is 1.29 bits per heavy atom. The van der Waals surface area contributed by atoms with Crippen LogP contribution in [-0.2, 0) is 14.3 Å². The van der Waals surface area contributed by atoms with E-state index in [1.165, 1.54) is 25.1 Å². The first-order valence-electron chi connectivity index (χ1n) is 6.41. The molecule has 114 valence electrons. The van der Waals surface area contributed by atoms with Gasteiger partial charge in [0.1, 0.15) is 5.75 Å². The fourth-order valence-electron chi connectivity index (χ4n) is 1.57. The van der Waals surface area contributed by atoms with Crippen LogP contribution in [0.4, 0.5) is 5.69 Å². The van der Waals surface area contributed by atoms with Crippen LogP contribution in [0.3, 0.4) is 0 Å². The molecule has 0 saturated carbocycles. The summed E-state index contributed by atoms with van der Waals surface area (Å²) in [5.41, 5.74) is 5.94. The second kappa shape index (κ2) is 8.01. The van der Waals surface area contributed by atoms with E-state index in [0.29, 0.717) is 11.3 Å². The number of Topliss-reactive ketones (excluding diaryl/α,β-unsaturated/α-hetero) is 1. The highest BCUT2D eigenvalue weighted by atomic mass is 16.6. The Bertz CT molecular complexity index is 542. The number of amides is 1. The van der Waals surface area contributed by atoms with Gasteiger partial charge in [0.2, 0.25) is 5.91 Å². The standard InChI is InChI=1S/C14H18N2O5/c1-3-20-14(19)8-21-13-5-4-10(12(18)7-15)6-11(13)16-9(2)17/h4-6H,3,7-8,15H2,1-2H3,(H,16,17). The summed E-state index contributed by atoms with van der Waals surface area (Å²) in [7, 11) is 0. The normalized spacial score (nSPS) is 9.86. The van der Waals surface area contributed by atoms with Crippen molar-refractivity contribution >= 4 is 23.3 Å². The van der Waals surface area contributed by atoms with E-state index in [1.807, 2.05) is 0 Å². The van der Waals surface area contributed by atoms with Gasteiger partial charge in [0.25, 0.3) is 0 Å². The van der Waals surface area contributed by atoms with Crippen molar-refractivity contribution in [1.29, 1.82) is 0 Å². The van der Waals surface area contributed by atoms with Crippen molar-refractivity contribution in [2.75, 3.05) is 25.1 Å². The van der Waals surface area contributed by atoms with E-state index in [-0.39, 0.29) is 37.2 Å². The molecule has 3 N–H and O–H groups in total. The van der Waals surface area contributed by atoms with Crippen molar-refractivity contribution < 1.29 is 23.9 Å². The number of hydrogen-bond acceptors (Lipinski definition) is 6. The Labute approximate surface area is 122 Å². The summed E-state index contributed by atoms with van der Waals surface area (Å²) in [4.78, 5) is 34.0. The monoisotopic (exact) mass is 294 g/mol. The highest BCUT2D eigenvalue weighted by Crippen LogP contribution is 2.26. The van der Waals surface area contributed by atoms with Crippen LogP contribution < -0.4 is 15.8 Å². The Balaban J connectivity index is 2.93. The van der Waals surface area contributed by atoms with Crippen LogP contribution in [-0.4, -0.2) is 37.4 Å². The van der Waals surface area contributed by atoms with Crippen molar-refractivity contribution in [3.63, 3.8) is 0 Å². The molecule has 7 heteroatoms. The third kappa shape index (κ3) is 5.23. The largest absolute Gasteiger partial charge is 0.480 e. The van der Waals surface area contributed by atoms with Crippen molar-refractivity contribution in [2.24, 2.45) is 5.73 Å². The molecular formula is C14H18N2O5. The molecule has 0 aliphatic heterocycles. The SMILES string of the molecule is CCOC(=O)COc1ccc(C(=O)CN)cc1NC(C)=O. The minimum absolute atomic E-state index is 0.136. The average molecular weight is 294 g/mol. The molecule has 1 rings (SSSR count). The lowest BCUT2D eigenvalue weighted by molar-refractivity contribution is -0.145. The topological polar surface area (TPSA) is 108 Å².